The third-order valence-corrected chi connectivity index (χ3v) is 3.17. The minimum atomic E-state index is 0.707. The standard InChI is InChI=1S/C14H21N5/c1-10(2)5-4-8-19-14(16-17-18-19)13-7-6-12(15)9-11(13)3/h6-7,9-10H,4-5,8,15H2,1-3H3. The van der Waals surface area contributed by atoms with E-state index in [1.807, 2.05) is 29.8 Å². The highest BCUT2D eigenvalue weighted by atomic mass is 15.5. The molecule has 19 heavy (non-hydrogen) atoms. The monoisotopic (exact) mass is 259 g/mol. The van der Waals surface area contributed by atoms with Gasteiger partial charge in [-0.1, -0.05) is 13.8 Å². The van der Waals surface area contributed by atoms with Gasteiger partial charge >= 0.3 is 0 Å². The van der Waals surface area contributed by atoms with Crippen molar-refractivity contribution in [2.75, 3.05) is 5.73 Å². The maximum Gasteiger partial charge on any atom is 0.182 e. The van der Waals surface area contributed by atoms with E-state index in [0.717, 1.165) is 35.6 Å². The first kappa shape index (κ1) is 13.5. The Kier molecular flexibility index (Phi) is 4.14. The third-order valence-electron chi connectivity index (χ3n) is 3.17. The van der Waals surface area contributed by atoms with E-state index in [9.17, 15) is 0 Å². The molecule has 0 radical (unpaired) electrons. The Morgan fingerprint density at radius 1 is 1.32 bits per heavy atom. The Hall–Kier alpha value is -1.91. The van der Waals surface area contributed by atoms with Crippen molar-refractivity contribution in [3.05, 3.63) is 23.8 Å². The summed E-state index contributed by atoms with van der Waals surface area (Å²) in [5, 5.41) is 12.0. The summed E-state index contributed by atoms with van der Waals surface area (Å²) in [7, 11) is 0. The van der Waals surface area contributed by atoms with Gasteiger partial charge < -0.3 is 5.73 Å². The topological polar surface area (TPSA) is 69.6 Å². The van der Waals surface area contributed by atoms with E-state index in [0.29, 0.717) is 5.92 Å². The fourth-order valence-electron chi connectivity index (χ4n) is 2.14. The van der Waals surface area contributed by atoms with Gasteiger partial charge in [0.15, 0.2) is 5.82 Å². The maximum absolute atomic E-state index is 5.77. The molecule has 0 spiro atoms. The quantitative estimate of drug-likeness (QED) is 0.838. The Morgan fingerprint density at radius 2 is 2.11 bits per heavy atom. The summed E-state index contributed by atoms with van der Waals surface area (Å²) in [6.45, 7) is 7.33. The summed E-state index contributed by atoms with van der Waals surface area (Å²) in [6, 6.07) is 5.81. The fourth-order valence-corrected chi connectivity index (χ4v) is 2.14. The molecule has 2 rings (SSSR count). The molecule has 0 saturated carbocycles. The number of tetrazole rings is 1. The van der Waals surface area contributed by atoms with Crippen LogP contribution in [0.1, 0.15) is 32.3 Å². The van der Waals surface area contributed by atoms with Crippen molar-refractivity contribution in [2.24, 2.45) is 5.92 Å². The van der Waals surface area contributed by atoms with E-state index in [-0.39, 0.29) is 0 Å². The lowest BCUT2D eigenvalue weighted by Gasteiger charge is -2.08. The number of nitrogen functional groups attached to an aromatic ring is 1. The predicted molar refractivity (Wildman–Crippen MR) is 76.5 cm³/mol. The molecule has 0 fully saturated rings. The van der Waals surface area contributed by atoms with Crippen LogP contribution < -0.4 is 5.73 Å². The van der Waals surface area contributed by atoms with Crippen molar-refractivity contribution < 1.29 is 0 Å². The van der Waals surface area contributed by atoms with Crippen molar-refractivity contribution in [3.8, 4) is 11.4 Å². The Morgan fingerprint density at radius 3 is 2.79 bits per heavy atom. The molecule has 5 nitrogen and oxygen atoms in total. The molecule has 0 atom stereocenters. The Labute approximate surface area is 113 Å². The van der Waals surface area contributed by atoms with Crippen molar-refractivity contribution >= 4 is 5.69 Å². The summed E-state index contributed by atoms with van der Waals surface area (Å²) >= 11 is 0. The number of aryl methyl sites for hydroxylation is 2. The van der Waals surface area contributed by atoms with Gasteiger partial charge in [-0.3, -0.25) is 0 Å². The highest BCUT2D eigenvalue weighted by molar-refractivity contribution is 5.63. The first-order valence-corrected chi connectivity index (χ1v) is 6.70. The number of nitrogens with two attached hydrogens (primary N) is 1. The molecule has 0 unspecified atom stereocenters. The molecule has 0 bridgehead atoms. The SMILES string of the molecule is Cc1cc(N)ccc1-c1nnnn1CCCC(C)C. The summed E-state index contributed by atoms with van der Waals surface area (Å²) in [6.07, 6.45) is 2.27. The van der Waals surface area contributed by atoms with E-state index in [2.05, 4.69) is 29.4 Å². The number of anilines is 1. The molecule has 1 heterocycles. The third kappa shape index (κ3) is 3.30. The first-order chi connectivity index (χ1) is 9.08. The van der Waals surface area contributed by atoms with E-state index >= 15 is 0 Å². The second-order valence-corrected chi connectivity index (χ2v) is 5.34. The zero-order chi connectivity index (χ0) is 13.8. The van der Waals surface area contributed by atoms with Crippen LogP contribution in [-0.2, 0) is 6.54 Å². The highest BCUT2D eigenvalue weighted by Gasteiger charge is 2.11. The number of hydrogen-bond donors (Lipinski definition) is 1. The molecule has 5 heteroatoms. The number of rotatable bonds is 5. The van der Waals surface area contributed by atoms with Crippen LogP contribution in [0, 0.1) is 12.8 Å². The summed E-state index contributed by atoms with van der Waals surface area (Å²) in [4.78, 5) is 0. The number of benzene rings is 1. The average Bonchev–Trinajstić information content (AvgIpc) is 2.77. The van der Waals surface area contributed by atoms with Gasteiger partial charge in [-0.25, -0.2) is 4.68 Å². The summed E-state index contributed by atoms with van der Waals surface area (Å²) in [5.41, 5.74) is 8.68. The van der Waals surface area contributed by atoms with Gasteiger partial charge in [0.2, 0.25) is 0 Å². The lowest BCUT2D eigenvalue weighted by molar-refractivity contribution is 0.485. The molecule has 2 N–H and O–H groups in total. The van der Waals surface area contributed by atoms with Gasteiger partial charge in [-0.15, -0.1) is 5.10 Å². The zero-order valence-corrected chi connectivity index (χ0v) is 11.8. The second kappa shape index (κ2) is 5.82. The highest BCUT2D eigenvalue weighted by Crippen LogP contribution is 2.22. The molecule has 102 valence electrons. The van der Waals surface area contributed by atoms with Gasteiger partial charge in [0.1, 0.15) is 0 Å². The van der Waals surface area contributed by atoms with Crippen LogP contribution in [0.4, 0.5) is 5.69 Å². The molecule has 0 aliphatic heterocycles. The first-order valence-electron chi connectivity index (χ1n) is 6.70. The molecule has 0 saturated heterocycles. The zero-order valence-electron chi connectivity index (χ0n) is 11.8. The molecule has 0 aliphatic carbocycles. The average molecular weight is 259 g/mol. The summed E-state index contributed by atoms with van der Waals surface area (Å²) < 4.78 is 1.88. The minimum absolute atomic E-state index is 0.707. The van der Waals surface area contributed by atoms with Crippen molar-refractivity contribution in [2.45, 2.75) is 40.2 Å². The molecule has 0 aliphatic rings. The van der Waals surface area contributed by atoms with Crippen LogP contribution in [-0.4, -0.2) is 20.2 Å². The van der Waals surface area contributed by atoms with Crippen molar-refractivity contribution in [3.63, 3.8) is 0 Å². The van der Waals surface area contributed by atoms with Crippen molar-refractivity contribution in [1.82, 2.24) is 20.2 Å². The summed E-state index contributed by atoms with van der Waals surface area (Å²) in [5.74, 6) is 1.53. The van der Waals surface area contributed by atoms with Gasteiger partial charge in [0.05, 0.1) is 0 Å². The number of aromatic nitrogens is 4. The van der Waals surface area contributed by atoms with Gasteiger partial charge in [0.25, 0.3) is 0 Å². The van der Waals surface area contributed by atoms with E-state index in [1.165, 1.54) is 6.42 Å². The lowest BCUT2D eigenvalue weighted by Crippen LogP contribution is -2.05. The number of nitrogens with zero attached hydrogens (tertiary/aromatic N) is 4. The molecule has 1 aromatic carbocycles. The Balaban J connectivity index is 2.19. The predicted octanol–water partition coefficient (Wildman–Crippen LogP) is 2.67. The van der Waals surface area contributed by atoms with E-state index in [4.69, 9.17) is 5.73 Å². The van der Waals surface area contributed by atoms with Crippen LogP contribution in [0.3, 0.4) is 0 Å². The number of hydrogen-bond acceptors (Lipinski definition) is 4. The second-order valence-electron chi connectivity index (χ2n) is 5.34. The lowest BCUT2D eigenvalue weighted by atomic mass is 10.1. The van der Waals surface area contributed by atoms with E-state index < -0.39 is 0 Å². The minimum Gasteiger partial charge on any atom is -0.399 e. The molecule has 1 aromatic heterocycles. The fraction of sp³-hybridized carbons (Fsp3) is 0.500. The molecule has 0 amide bonds. The Bertz CT molecular complexity index is 545. The molecular formula is C14H21N5. The van der Waals surface area contributed by atoms with Crippen LogP contribution in [0.5, 0.6) is 0 Å². The normalized spacial score (nSPS) is 11.2. The largest absolute Gasteiger partial charge is 0.399 e. The maximum atomic E-state index is 5.77. The van der Waals surface area contributed by atoms with Gasteiger partial charge in [-0.05, 0) is 59.9 Å². The molecular weight excluding hydrogens is 238 g/mol. The van der Waals surface area contributed by atoms with Gasteiger partial charge in [-0.2, -0.15) is 0 Å². The van der Waals surface area contributed by atoms with Crippen LogP contribution in [0.15, 0.2) is 18.2 Å². The van der Waals surface area contributed by atoms with Crippen molar-refractivity contribution in [1.29, 1.82) is 0 Å². The van der Waals surface area contributed by atoms with Crippen LogP contribution in [0.2, 0.25) is 0 Å². The van der Waals surface area contributed by atoms with Crippen LogP contribution >= 0.6 is 0 Å². The van der Waals surface area contributed by atoms with Gasteiger partial charge in [0, 0.05) is 17.8 Å². The van der Waals surface area contributed by atoms with Crippen LogP contribution in [0.25, 0.3) is 11.4 Å². The van der Waals surface area contributed by atoms with E-state index in [1.54, 1.807) is 0 Å². The molecule has 2 aromatic rings. The smallest absolute Gasteiger partial charge is 0.182 e.